The zero-order valence-corrected chi connectivity index (χ0v) is 13.8. The predicted molar refractivity (Wildman–Crippen MR) is 87.9 cm³/mol. The molecule has 0 aromatic rings. The molecule has 0 radical (unpaired) electrons. The zero-order valence-electron chi connectivity index (χ0n) is 13.8. The van der Waals surface area contributed by atoms with Gasteiger partial charge in [-0.15, -0.1) is 0 Å². The highest BCUT2D eigenvalue weighted by Crippen LogP contribution is 2.62. The first-order chi connectivity index (χ1) is 10.4. The topological polar surface area (TPSA) is 0 Å². The molecule has 5 fully saturated rings. The van der Waals surface area contributed by atoms with E-state index in [1.165, 1.54) is 29.6 Å². The molecule has 5 aliphatic carbocycles. The Morgan fingerprint density at radius 3 is 1.86 bits per heavy atom. The van der Waals surface area contributed by atoms with Crippen LogP contribution in [0.2, 0.25) is 0 Å². The van der Waals surface area contributed by atoms with Crippen molar-refractivity contribution >= 4 is 0 Å². The normalized spacial score (nSPS) is 56.0. The van der Waals surface area contributed by atoms with Crippen molar-refractivity contribution in [1.82, 2.24) is 0 Å². The molecule has 8 atom stereocenters. The van der Waals surface area contributed by atoms with E-state index in [0.29, 0.717) is 0 Å². The van der Waals surface area contributed by atoms with Gasteiger partial charge in [0.15, 0.2) is 0 Å². The molecule has 0 aromatic carbocycles. The first kappa shape index (κ1) is 13.4. The second kappa shape index (κ2) is 5.27. The first-order valence-electron chi connectivity index (χ1n) is 10.4. The van der Waals surface area contributed by atoms with Crippen molar-refractivity contribution in [2.75, 3.05) is 0 Å². The van der Waals surface area contributed by atoms with Gasteiger partial charge < -0.3 is 0 Å². The minimum atomic E-state index is 1.15. The van der Waals surface area contributed by atoms with Crippen molar-refractivity contribution in [2.45, 2.75) is 83.5 Å². The summed E-state index contributed by atoms with van der Waals surface area (Å²) in [6.45, 7) is 0. The Morgan fingerprint density at radius 2 is 1.00 bits per heavy atom. The van der Waals surface area contributed by atoms with Crippen molar-refractivity contribution in [1.29, 1.82) is 0 Å². The van der Waals surface area contributed by atoms with E-state index in [1.807, 2.05) is 0 Å². The molecule has 0 heterocycles. The van der Waals surface area contributed by atoms with Crippen molar-refractivity contribution in [3.63, 3.8) is 0 Å². The Hall–Kier alpha value is 0. The van der Waals surface area contributed by atoms with Crippen LogP contribution in [0.5, 0.6) is 0 Å². The summed E-state index contributed by atoms with van der Waals surface area (Å²) in [5, 5.41) is 0. The van der Waals surface area contributed by atoms with Gasteiger partial charge in [-0.1, -0.05) is 44.9 Å². The van der Waals surface area contributed by atoms with Crippen LogP contribution in [0.25, 0.3) is 0 Å². The summed E-state index contributed by atoms with van der Waals surface area (Å²) in [4.78, 5) is 0. The third kappa shape index (κ3) is 2.14. The van der Waals surface area contributed by atoms with Gasteiger partial charge in [0.05, 0.1) is 0 Å². The van der Waals surface area contributed by atoms with Gasteiger partial charge in [-0.3, -0.25) is 0 Å². The van der Waals surface area contributed by atoms with Crippen LogP contribution in [-0.4, -0.2) is 0 Å². The van der Waals surface area contributed by atoms with E-state index in [4.69, 9.17) is 0 Å². The Labute approximate surface area is 131 Å². The van der Waals surface area contributed by atoms with Gasteiger partial charge >= 0.3 is 0 Å². The van der Waals surface area contributed by atoms with Crippen LogP contribution in [0.1, 0.15) is 83.5 Å². The summed E-state index contributed by atoms with van der Waals surface area (Å²) < 4.78 is 0. The van der Waals surface area contributed by atoms with Crippen LogP contribution in [0.4, 0.5) is 0 Å². The zero-order chi connectivity index (χ0) is 13.8. The van der Waals surface area contributed by atoms with E-state index in [-0.39, 0.29) is 0 Å². The molecule has 0 heteroatoms. The maximum Gasteiger partial charge on any atom is -0.0349 e. The highest BCUT2D eigenvalue weighted by atomic mass is 14.6. The molecule has 0 aliphatic heterocycles. The summed E-state index contributed by atoms with van der Waals surface area (Å²) in [5.74, 6) is 9.34. The lowest BCUT2D eigenvalue weighted by Gasteiger charge is -2.46. The standard InChI is InChI=1S/C21H34/c1-2-7-16-12-20-17(11-15(16)6-1)13-21-18-8-4-3-5-14(18)9-10-19(20)21/h14-21H,1-13H2. The van der Waals surface area contributed by atoms with Gasteiger partial charge in [-0.05, 0) is 85.9 Å². The minimum Gasteiger partial charge on any atom is -0.0530 e. The molecule has 0 bridgehead atoms. The molecule has 0 N–H and O–H groups in total. The van der Waals surface area contributed by atoms with Crippen molar-refractivity contribution in [2.24, 2.45) is 47.3 Å². The van der Waals surface area contributed by atoms with E-state index >= 15 is 0 Å². The molecule has 5 aliphatic rings. The lowest BCUT2D eigenvalue weighted by molar-refractivity contribution is 0.0368. The molecule has 0 saturated heterocycles. The van der Waals surface area contributed by atoms with Gasteiger partial charge in [-0.25, -0.2) is 0 Å². The number of rotatable bonds is 0. The van der Waals surface area contributed by atoms with Gasteiger partial charge in [0.25, 0.3) is 0 Å². The largest absolute Gasteiger partial charge is 0.0530 e. The third-order valence-corrected chi connectivity index (χ3v) is 8.92. The lowest BCUT2D eigenvalue weighted by atomic mass is 9.59. The maximum atomic E-state index is 1.67. The smallest absolute Gasteiger partial charge is 0.0349 e. The fourth-order valence-corrected chi connectivity index (χ4v) is 8.13. The van der Waals surface area contributed by atoms with Crippen molar-refractivity contribution in [3.05, 3.63) is 0 Å². The van der Waals surface area contributed by atoms with Gasteiger partial charge in [0, 0.05) is 0 Å². The van der Waals surface area contributed by atoms with Crippen LogP contribution in [-0.2, 0) is 0 Å². The van der Waals surface area contributed by atoms with E-state index in [0.717, 1.165) is 17.8 Å². The Morgan fingerprint density at radius 1 is 0.333 bits per heavy atom. The summed E-state index contributed by atoms with van der Waals surface area (Å²) in [6.07, 6.45) is 20.8. The highest BCUT2D eigenvalue weighted by molar-refractivity contribution is 5.02. The first-order valence-corrected chi connectivity index (χ1v) is 10.4. The molecule has 5 rings (SSSR count). The molecular weight excluding hydrogens is 252 g/mol. The van der Waals surface area contributed by atoms with Gasteiger partial charge in [-0.2, -0.15) is 0 Å². The quantitative estimate of drug-likeness (QED) is 0.508. The van der Waals surface area contributed by atoms with Crippen molar-refractivity contribution < 1.29 is 0 Å². The Kier molecular flexibility index (Phi) is 3.38. The van der Waals surface area contributed by atoms with Gasteiger partial charge in [0.2, 0.25) is 0 Å². The minimum absolute atomic E-state index is 1.15. The third-order valence-electron chi connectivity index (χ3n) is 8.92. The second-order valence-electron chi connectivity index (χ2n) is 9.55. The van der Waals surface area contributed by atoms with E-state index in [2.05, 4.69) is 0 Å². The van der Waals surface area contributed by atoms with Gasteiger partial charge in [0.1, 0.15) is 0 Å². The van der Waals surface area contributed by atoms with Crippen LogP contribution >= 0.6 is 0 Å². The molecular formula is C21H34. The second-order valence-corrected chi connectivity index (χ2v) is 9.55. The molecule has 5 saturated carbocycles. The monoisotopic (exact) mass is 286 g/mol. The fraction of sp³-hybridized carbons (Fsp3) is 1.00. The molecule has 21 heavy (non-hydrogen) atoms. The summed E-state index contributed by atoms with van der Waals surface area (Å²) >= 11 is 0. The molecule has 0 amide bonds. The van der Waals surface area contributed by atoms with Crippen LogP contribution in [0.15, 0.2) is 0 Å². The number of hydrogen-bond acceptors (Lipinski definition) is 0. The van der Waals surface area contributed by atoms with Crippen LogP contribution < -0.4 is 0 Å². The molecule has 8 unspecified atom stereocenters. The van der Waals surface area contributed by atoms with E-state index < -0.39 is 0 Å². The Bertz CT molecular complexity index is 385. The SMILES string of the molecule is C1CCC2CC3C(CC2C1)CC1C2CCCCC2CCC31. The number of hydrogen-bond donors (Lipinski definition) is 0. The summed E-state index contributed by atoms with van der Waals surface area (Å²) in [5.41, 5.74) is 0. The Balaban J connectivity index is 1.36. The average Bonchev–Trinajstić information content (AvgIpc) is 2.90. The van der Waals surface area contributed by atoms with Crippen LogP contribution in [0, 0.1) is 47.3 Å². The molecule has 0 aromatic heterocycles. The molecule has 0 spiro atoms. The van der Waals surface area contributed by atoms with E-state index in [9.17, 15) is 0 Å². The average molecular weight is 287 g/mol. The number of fused-ring (bicyclic) bond motifs is 6. The van der Waals surface area contributed by atoms with Crippen LogP contribution in [0.3, 0.4) is 0 Å². The highest BCUT2D eigenvalue weighted by Gasteiger charge is 2.53. The summed E-state index contributed by atoms with van der Waals surface area (Å²) in [7, 11) is 0. The lowest BCUT2D eigenvalue weighted by Crippen LogP contribution is -2.37. The van der Waals surface area contributed by atoms with E-state index in [1.54, 1.807) is 83.5 Å². The maximum absolute atomic E-state index is 1.67. The predicted octanol–water partition coefficient (Wildman–Crippen LogP) is 6.06. The molecule has 0 nitrogen and oxygen atoms in total. The summed E-state index contributed by atoms with van der Waals surface area (Å²) in [6, 6.07) is 0. The fourth-order valence-electron chi connectivity index (χ4n) is 8.13. The van der Waals surface area contributed by atoms with Crippen molar-refractivity contribution in [3.8, 4) is 0 Å². The molecule has 118 valence electrons.